The molecular formula is C34H26O2. The third-order valence-corrected chi connectivity index (χ3v) is 7.03. The molecule has 0 aliphatic carbocycles. The van der Waals surface area contributed by atoms with Crippen molar-refractivity contribution in [1.82, 2.24) is 0 Å². The smallest absolute Gasteiger partial charge is 0.119 e. The van der Waals surface area contributed by atoms with Gasteiger partial charge in [0, 0.05) is 24.0 Å². The minimum atomic E-state index is 0.339. The second-order valence-corrected chi connectivity index (χ2v) is 9.32. The fraction of sp³-hybridized carbons (Fsp3) is 0.0588. The van der Waals surface area contributed by atoms with E-state index in [9.17, 15) is 10.2 Å². The first-order chi connectivity index (χ1) is 17.7. The molecule has 0 heterocycles. The second-order valence-electron chi connectivity index (χ2n) is 9.32. The van der Waals surface area contributed by atoms with Crippen LogP contribution < -0.4 is 0 Å². The lowest BCUT2D eigenvalue weighted by atomic mass is 9.94. The third-order valence-electron chi connectivity index (χ3n) is 7.03. The highest BCUT2D eigenvalue weighted by Gasteiger charge is 2.10. The van der Waals surface area contributed by atoms with Crippen molar-refractivity contribution in [2.45, 2.75) is 12.8 Å². The summed E-state index contributed by atoms with van der Waals surface area (Å²) in [4.78, 5) is 0. The Hall–Kier alpha value is -4.56. The standard InChI is InChI=1S/C34H26O2/c35-33-19-17-27-5-1-3-7-29(27)31(33)21-23-9-13-25(14-10-23)26-15-11-24(12-16-26)22-32-30-8-4-2-6-28(30)18-20-34(32)36/h1-20,35-36H,21-22H2. The predicted molar refractivity (Wildman–Crippen MR) is 149 cm³/mol. The molecule has 0 amide bonds. The Balaban J connectivity index is 1.22. The molecule has 2 nitrogen and oxygen atoms in total. The Kier molecular flexibility index (Phi) is 5.63. The molecule has 0 aromatic heterocycles. The minimum Gasteiger partial charge on any atom is -0.508 e. The molecule has 2 N–H and O–H groups in total. The number of fused-ring (bicyclic) bond motifs is 2. The quantitative estimate of drug-likeness (QED) is 0.268. The van der Waals surface area contributed by atoms with Crippen molar-refractivity contribution in [2.24, 2.45) is 0 Å². The molecule has 0 aliphatic rings. The van der Waals surface area contributed by atoms with Crippen LogP contribution in [0.3, 0.4) is 0 Å². The number of rotatable bonds is 5. The van der Waals surface area contributed by atoms with Crippen LogP contribution >= 0.6 is 0 Å². The molecule has 174 valence electrons. The maximum atomic E-state index is 10.5. The number of hydrogen-bond acceptors (Lipinski definition) is 2. The minimum absolute atomic E-state index is 0.339. The summed E-state index contributed by atoms with van der Waals surface area (Å²) in [5.41, 5.74) is 6.55. The largest absolute Gasteiger partial charge is 0.508 e. The topological polar surface area (TPSA) is 40.5 Å². The van der Waals surface area contributed by atoms with Crippen LogP contribution in [0.2, 0.25) is 0 Å². The molecule has 2 heteroatoms. The van der Waals surface area contributed by atoms with Gasteiger partial charge in [0.25, 0.3) is 0 Å². The molecule has 0 spiro atoms. The van der Waals surface area contributed by atoms with E-state index in [1.165, 1.54) is 0 Å². The van der Waals surface area contributed by atoms with Crippen molar-refractivity contribution in [1.29, 1.82) is 0 Å². The van der Waals surface area contributed by atoms with E-state index in [1.807, 2.05) is 36.4 Å². The Labute approximate surface area is 210 Å². The van der Waals surface area contributed by atoms with Crippen LogP contribution in [0.25, 0.3) is 32.7 Å². The maximum absolute atomic E-state index is 10.5. The average molecular weight is 467 g/mol. The fourth-order valence-corrected chi connectivity index (χ4v) is 5.06. The lowest BCUT2D eigenvalue weighted by Crippen LogP contribution is -1.92. The average Bonchev–Trinajstić information content (AvgIpc) is 2.93. The molecule has 0 radical (unpaired) electrons. The zero-order chi connectivity index (χ0) is 24.5. The van der Waals surface area contributed by atoms with Crippen molar-refractivity contribution in [2.75, 3.05) is 0 Å². The Bertz CT molecular complexity index is 1550. The normalized spacial score (nSPS) is 11.2. The van der Waals surface area contributed by atoms with E-state index in [4.69, 9.17) is 0 Å². The van der Waals surface area contributed by atoms with Gasteiger partial charge in [0.15, 0.2) is 0 Å². The van der Waals surface area contributed by atoms with Gasteiger partial charge in [0.1, 0.15) is 11.5 Å². The van der Waals surface area contributed by atoms with Crippen molar-refractivity contribution in [3.63, 3.8) is 0 Å². The van der Waals surface area contributed by atoms with Crippen LogP contribution in [0.4, 0.5) is 0 Å². The molecule has 0 unspecified atom stereocenters. The van der Waals surface area contributed by atoms with Gasteiger partial charge in [0.2, 0.25) is 0 Å². The van der Waals surface area contributed by atoms with Crippen LogP contribution in [0.5, 0.6) is 11.5 Å². The number of hydrogen-bond donors (Lipinski definition) is 2. The zero-order valence-electron chi connectivity index (χ0n) is 19.9. The Morgan fingerprint density at radius 2 is 0.778 bits per heavy atom. The molecule has 0 fully saturated rings. The Morgan fingerprint density at radius 3 is 1.19 bits per heavy atom. The van der Waals surface area contributed by atoms with Crippen LogP contribution in [0, 0.1) is 0 Å². The summed E-state index contributed by atoms with van der Waals surface area (Å²) in [7, 11) is 0. The van der Waals surface area contributed by atoms with Crippen molar-refractivity contribution in [3.8, 4) is 22.6 Å². The van der Waals surface area contributed by atoms with E-state index < -0.39 is 0 Å². The molecule has 6 rings (SSSR count). The van der Waals surface area contributed by atoms with Crippen LogP contribution in [-0.2, 0) is 12.8 Å². The second kappa shape index (κ2) is 9.24. The van der Waals surface area contributed by atoms with Gasteiger partial charge in [-0.2, -0.15) is 0 Å². The van der Waals surface area contributed by atoms with Gasteiger partial charge >= 0.3 is 0 Å². The van der Waals surface area contributed by atoms with E-state index in [1.54, 1.807) is 12.1 Å². The maximum Gasteiger partial charge on any atom is 0.119 e. The molecule has 0 saturated heterocycles. The molecule has 0 bridgehead atoms. The van der Waals surface area contributed by atoms with Gasteiger partial charge < -0.3 is 10.2 Å². The third kappa shape index (κ3) is 4.18. The summed E-state index contributed by atoms with van der Waals surface area (Å²) in [6.45, 7) is 0. The summed E-state index contributed by atoms with van der Waals surface area (Å²) in [5, 5.41) is 25.4. The number of phenols is 2. The molecule has 0 aliphatic heterocycles. The first-order valence-electron chi connectivity index (χ1n) is 12.2. The highest BCUT2D eigenvalue weighted by Crippen LogP contribution is 2.32. The van der Waals surface area contributed by atoms with Gasteiger partial charge in [-0.1, -0.05) is 109 Å². The first-order valence-corrected chi connectivity index (χ1v) is 12.2. The first kappa shape index (κ1) is 21.9. The number of benzene rings is 6. The molecule has 0 atom stereocenters. The fourth-order valence-electron chi connectivity index (χ4n) is 5.06. The summed E-state index contributed by atoms with van der Waals surface area (Å²) in [6, 6.07) is 41.0. The van der Waals surface area contributed by atoms with Crippen molar-refractivity contribution >= 4 is 21.5 Å². The Morgan fingerprint density at radius 1 is 0.389 bits per heavy atom. The molecule has 6 aromatic rings. The van der Waals surface area contributed by atoms with Crippen molar-refractivity contribution < 1.29 is 10.2 Å². The molecule has 36 heavy (non-hydrogen) atoms. The van der Waals surface area contributed by atoms with Gasteiger partial charge in [-0.05, 0) is 55.9 Å². The van der Waals surface area contributed by atoms with Crippen LogP contribution in [0.15, 0.2) is 121 Å². The van der Waals surface area contributed by atoms with Gasteiger partial charge in [0.05, 0.1) is 0 Å². The lowest BCUT2D eigenvalue weighted by Gasteiger charge is -2.11. The van der Waals surface area contributed by atoms with Crippen LogP contribution in [0.1, 0.15) is 22.3 Å². The summed E-state index contributed by atoms with van der Waals surface area (Å²) < 4.78 is 0. The monoisotopic (exact) mass is 466 g/mol. The highest BCUT2D eigenvalue weighted by molar-refractivity contribution is 5.89. The lowest BCUT2D eigenvalue weighted by molar-refractivity contribution is 0.470. The van der Waals surface area contributed by atoms with E-state index in [2.05, 4.69) is 72.8 Å². The predicted octanol–water partition coefficient (Wildman–Crippen LogP) is 8.25. The summed E-state index contributed by atoms with van der Waals surface area (Å²) >= 11 is 0. The van der Waals surface area contributed by atoms with Crippen molar-refractivity contribution in [3.05, 3.63) is 144 Å². The van der Waals surface area contributed by atoms with Gasteiger partial charge in [-0.3, -0.25) is 0 Å². The number of aromatic hydroxyl groups is 2. The molecule has 6 aromatic carbocycles. The van der Waals surface area contributed by atoms with E-state index in [-0.39, 0.29) is 0 Å². The summed E-state index contributed by atoms with van der Waals surface area (Å²) in [6.07, 6.45) is 1.36. The van der Waals surface area contributed by atoms with E-state index >= 15 is 0 Å². The highest BCUT2D eigenvalue weighted by atomic mass is 16.3. The number of phenolic OH excluding ortho intramolecular Hbond substituents is 2. The summed E-state index contributed by atoms with van der Waals surface area (Å²) in [5.74, 6) is 0.677. The van der Waals surface area contributed by atoms with Gasteiger partial charge in [-0.25, -0.2) is 0 Å². The SMILES string of the molecule is Oc1ccc2ccccc2c1Cc1ccc(-c2ccc(Cc3c(O)ccc4ccccc34)cc2)cc1. The van der Waals surface area contributed by atoms with E-state index in [0.29, 0.717) is 24.3 Å². The van der Waals surface area contributed by atoms with Gasteiger partial charge in [-0.15, -0.1) is 0 Å². The zero-order valence-corrected chi connectivity index (χ0v) is 19.9. The molecular weight excluding hydrogens is 440 g/mol. The molecule has 0 saturated carbocycles. The van der Waals surface area contributed by atoms with Crippen LogP contribution in [-0.4, -0.2) is 10.2 Å². The van der Waals surface area contributed by atoms with E-state index in [0.717, 1.165) is 54.9 Å².